The minimum absolute atomic E-state index is 0.756. The molecule has 0 fully saturated rings. The minimum Gasteiger partial charge on any atom is -0.399 e. The number of aromatic amines is 1. The summed E-state index contributed by atoms with van der Waals surface area (Å²) in [5.41, 5.74) is 9.38. The van der Waals surface area contributed by atoms with Crippen LogP contribution in [-0.2, 0) is 0 Å². The van der Waals surface area contributed by atoms with Crippen LogP contribution >= 0.6 is 0 Å². The van der Waals surface area contributed by atoms with E-state index in [2.05, 4.69) is 29.0 Å². The molecule has 86 valence electrons. The van der Waals surface area contributed by atoms with Gasteiger partial charge in [0.1, 0.15) is 0 Å². The number of hydrogen-bond donors (Lipinski definition) is 2. The average molecular weight is 232 g/mol. The fraction of sp³-hybridized carbons (Fsp3) is 0. The number of hydrogen-bond acceptors (Lipinski definition) is 1. The molecule has 2 nitrogen and oxygen atoms in total. The smallest absolute Gasteiger partial charge is 0.0908 e. The van der Waals surface area contributed by atoms with Gasteiger partial charge in [0.15, 0.2) is 0 Å². The average Bonchev–Trinajstić information content (AvgIpc) is 2.81. The second-order valence-electron chi connectivity index (χ2n) is 4.14. The van der Waals surface area contributed by atoms with Gasteiger partial charge < -0.3 is 10.7 Å². The fourth-order valence-corrected chi connectivity index (χ4v) is 1.85. The van der Waals surface area contributed by atoms with Crippen LogP contribution in [-0.4, -0.2) is 4.98 Å². The molecule has 18 heavy (non-hydrogen) atoms. The Hall–Kier alpha value is -2.66. The highest BCUT2D eigenvalue weighted by atomic mass is 14.7. The number of aromatic nitrogens is 1. The first-order valence-electron chi connectivity index (χ1n) is 5.76. The lowest BCUT2D eigenvalue weighted by molar-refractivity contribution is 1.42. The zero-order chi connectivity index (χ0) is 12.4. The Kier molecular flexibility index (Phi) is 2.51. The van der Waals surface area contributed by atoms with Crippen LogP contribution in [0.2, 0.25) is 0 Å². The second kappa shape index (κ2) is 4.31. The standard InChI is InChI=1S/C16H12N2/c17-14-8-5-12(6-9-14)7-10-15-11-13-3-1-2-4-16(13)18-15/h1-6,8-9,11,18H,17H2. The molecule has 0 aliphatic rings. The predicted molar refractivity (Wildman–Crippen MR) is 75.1 cm³/mol. The largest absolute Gasteiger partial charge is 0.399 e. The summed E-state index contributed by atoms with van der Waals surface area (Å²) in [4.78, 5) is 3.28. The maximum atomic E-state index is 5.63. The summed E-state index contributed by atoms with van der Waals surface area (Å²) < 4.78 is 0. The molecule has 1 heterocycles. The van der Waals surface area contributed by atoms with E-state index in [0.29, 0.717) is 0 Å². The van der Waals surface area contributed by atoms with Crippen molar-refractivity contribution in [1.82, 2.24) is 4.98 Å². The van der Waals surface area contributed by atoms with Gasteiger partial charge in [-0.1, -0.05) is 24.1 Å². The molecule has 0 aliphatic heterocycles. The van der Waals surface area contributed by atoms with Crippen molar-refractivity contribution >= 4 is 16.6 Å². The van der Waals surface area contributed by atoms with Crippen molar-refractivity contribution in [3.63, 3.8) is 0 Å². The maximum Gasteiger partial charge on any atom is 0.0908 e. The number of nitrogens with one attached hydrogen (secondary N) is 1. The summed E-state index contributed by atoms with van der Waals surface area (Å²) in [5.74, 6) is 6.24. The molecule has 0 unspecified atom stereocenters. The number of fused-ring (bicyclic) bond motifs is 1. The maximum absolute atomic E-state index is 5.63. The molecule has 1 aromatic heterocycles. The van der Waals surface area contributed by atoms with Gasteiger partial charge in [0.2, 0.25) is 0 Å². The Morgan fingerprint density at radius 1 is 0.889 bits per heavy atom. The first-order valence-corrected chi connectivity index (χ1v) is 5.76. The third-order valence-electron chi connectivity index (χ3n) is 2.78. The van der Waals surface area contributed by atoms with Crippen molar-refractivity contribution in [3.05, 3.63) is 65.9 Å². The van der Waals surface area contributed by atoms with Gasteiger partial charge in [-0.05, 0) is 42.3 Å². The second-order valence-corrected chi connectivity index (χ2v) is 4.14. The van der Waals surface area contributed by atoms with Crippen molar-refractivity contribution in [2.75, 3.05) is 5.73 Å². The molecular formula is C16H12N2. The van der Waals surface area contributed by atoms with Crippen LogP contribution in [0.1, 0.15) is 11.3 Å². The van der Waals surface area contributed by atoms with Crippen LogP contribution < -0.4 is 5.73 Å². The van der Waals surface area contributed by atoms with Crippen molar-refractivity contribution < 1.29 is 0 Å². The summed E-state index contributed by atoms with van der Waals surface area (Å²) in [5, 5.41) is 1.18. The van der Waals surface area contributed by atoms with Crippen LogP contribution in [0.3, 0.4) is 0 Å². The van der Waals surface area contributed by atoms with Gasteiger partial charge in [-0.3, -0.25) is 0 Å². The monoisotopic (exact) mass is 232 g/mol. The molecule has 0 bridgehead atoms. The molecule has 0 aliphatic carbocycles. The number of nitrogens with two attached hydrogens (primary N) is 1. The normalized spacial score (nSPS) is 10.0. The van der Waals surface area contributed by atoms with E-state index >= 15 is 0 Å². The lowest BCUT2D eigenvalue weighted by Crippen LogP contribution is -1.83. The van der Waals surface area contributed by atoms with Crippen LogP contribution in [0.15, 0.2) is 54.6 Å². The van der Waals surface area contributed by atoms with Crippen LogP contribution in [0.25, 0.3) is 10.9 Å². The van der Waals surface area contributed by atoms with E-state index in [9.17, 15) is 0 Å². The molecule has 3 N–H and O–H groups in total. The number of anilines is 1. The SMILES string of the molecule is Nc1ccc(C#Cc2cc3ccccc3[nH]2)cc1. The number of H-pyrrole nitrogens is 1. The van der Waals surface area contributed by atoms with Gasteiger partial charge in [-0.15, -0.1) is 0 Å². The molecule has 2 heteroatoms. The third kappa shape index (κ3) is 2.07. The van der Waals surface area contributed by atoms with E-state index in [1.165, 1.54) is 5.39 Å². The highest BCUT2D eigenvalue weighted by Crippen LogP contribution is 2.13. The van der Waals surface area contributed by atoms with Crippen molar-refractivity contribution in [3.8, 4) is 11.8 Å². The minimum atomic E-state index is 0.756. The van der Waals surface area contributed by atoms with Gasteiger partial charge >= 0.3 is 0 Å². The van der Waals surface area contributed by atoms with E-state index < -0.39 is 0 Å². The number of para-hydroxylation sites is 1. The van der Waals surface area contributed by atoms with Crippen LogP contribution in [0.4, 0.5) is 5.69 Å². The fourth-order valence-electron chi connectivity index (χ4n) is 1.85. The Labute approximate surface area is 105 Å². The lowest BCUT2D eigenvalue weighted by Gasteiger charge is -1.91. The first-order chi connectivity index (χ1) is 8.81. The summed E-state index contributed by atoms with van der Waals surface area (Å²) in [7, 11) is 0. The molecule has 3 aromatic rings. The summed E-state index contributed by atoms with van der Waals surface area (Å²) in [6, 6.07) is 17.8. The van der Waals surface area contributed by atoms with Crippen LogP contribution in [0, 0.1) is 11.8 Å². The number of nitrogen functional groups attached to an aromatic ring is 1. The number of rotatable bonds is 0. The molecule has 0 saturated carbocycles. The summed E-state index contributed by atoms with van der Waals surface area (Å²) in [6.07, 6.45) is 0. The van der Waals surface area contributed by atoms with Crippen LogP contribution in [0.5, 0.6) is 0 Å². The van der Waals surface area contributed by atoms with Crippen molar-refractivity contribution in [2.45, 2.75) is 0 Å². The van der Waals surface area contributed by atoms with E-state index in [0.717, 1.165) is 22.5 Å². The number of benzene rings is 2. The van der Waals surface area contributed by atoms with Crippen molar-refractivity contribution in [2.24, 2.45) is 0 Å². The Morgan fingerprint density at radius 2 is 1.67 bits per heavy atom. The molecule has 0 radical (unpaired) electrons. The molecule has 2 aromatic carbocycles. The quantitative estimate of drug-likeness (QED) is 0.453. The van der Waals surface area contributed by atoms with E-state index in [4.69, 9.17) is 5.73 Å². The van der Waals surface area contributed by atoms with Gasteiger partial charge in [-0.25, -0.2) is 0 Å². The molecule has 3 rings (SSSR count). The predicted octanol–water partition coefficient (Wildman–Crippen LogP) is 3.15. The van der Waals surface area contributed by atoms with E-state index in [1.807, 2.05) is 42.5 Å². The topological polar surface area (TPSA) is 41.8 Å². The summed E-state index contributed by atoms with van der Waals surface area (Å²) >= 11 is 0. The summed E-state index contributed by atoms with van der Waals surface area (Å²) in [6.45, 7) is 0. The lowest BCUT2D eigenvalue weighted by atomic mass is 10.2. The zero-order valence-electron chi connectivity index (χ0n) is 9.77. The highest BCUT2D eigenvalue weighted by Gasteiger charge is 1.96. The van der Waals surface area contributed by atoms with Gasteiger partial charge in [0.05, 0.1) is 5.69 Å². The van der Waals surface area contributed by atoms with Crippen molar-refractivity contribution in [1.29, 1.82) is 0 Å². The van der Waals surface area contributed by atoms with Gasteiger partial charge in [0, 0.05) is 22.2 Å². The Morgan fingerprint density at radius 3 is 2.44 bits per heavy atom. The van der Waals surface area contributed by atoms with Gasteiger partial charge in [0.25, 0.3) is 0 Å². The first kappa shape index (κ1) is 10.5. The molecule has 0 atom stereocenters. The zero-order valence-corrected chi connectivity index (χ0v) is 9.77. The third-order valence-corrected chi connectivity index (χ3v) is 2.78. The molecule has 0 spiro atoms. The molecule has 0 saturated heterocycles. The van der Waals surface area contributed by atoms with Gasteiger partial charge in [-0.2, -0.15) is 0 Å². The van der Waals surface area contributed by atoms with E-state index in [-0.39, 0.29) is 0 Å². The molecular weight excluding hydrogens is 220 g/mol. The Balaban J connectivity index is 1.95. The Bertz CT molecular complexity index is 707. The van der Waals surface area contributed by atoms with E-state index in [1.54, 1.807) is 0 Å². The highest BCUT2D eigenvalue weighted by molar-refractivity contribution is 5.81. The molecule has 0 amide bonds.